The summed E-state index contributed by atoms with van der Waals surface area (Å²) in [6.07, 6.45) is -0.527. The molecule has 2 N–H and O–H groups in total. The molecule has 0 radical (unpaired) electrons. The lowest BCUT2D eigenvalue weighted by molar-refractivity contribution is -0.140. The molecule has 0 unspecified atom stereocenters. The number of aliphatic carboxylic acids is 1. The van der Waals surface area contributed by atoms with Crippen LogP contribution >= 0.6 is 0 Å². The standard InChI is InChI=1S/C11H11F2NO3/c12-8-1-2-9(13)7(5-8)3-4-14-10(15)6-11(16)17/h1-2,5H,3-4,6H2,(H,14,15)(H,16,17). The molecule has 92 valence electrons. The molecular weight excluding hydrogens is 232 g/mol. The van der Waals surface area contributed by atoms with Gasteiger partial charge < -0.3 is 10.4 Å². The number of halogens is 2. The van der Waals surface area contributed by atoms with E-state index in [1.165, 1.54) is 0 Å². The molecule has 1 aromatic carbocycles. The Balaban J connectivity index is 2.43. The average molecular weight is 243 g/mol. The third kappa shape index (κ3) is 4.58. The Morgan fingerprint density at radius 2 is 2.00 bits per heavy atom. The van der Waals surface area contributed by atoms with Crippen molar-refractivity contribution in [1.82, 2.24) is 5.32 Å². The fraction of sp³-hybridized carbons (Fsp3) is 0.273. The first-order valence-corrected chi connectivity index (χ1v) is 4.91. The highest BCUT2D eigenvalue weighted by Gasteiger charge is 2.08. The maximum Gasteiger partial charge on any atom is 0.312 e. The molecule has 0 saturated heterocycles. The number of carboxylic acids is 1. The Hall–Kier alpha value is -1.98. The van der Waals surface area contributed by atoms with Crippen LogP contribution in [-0.2, 0) is 16.0 Å². The first kappa shape index (κ1) is 13.1. The van der Waals surface area contributed by atoms with E-state index in [1.54, 1.807) is 0 Å². The molecule has 0 saturated carbocycles. The van der Waals surface area contributed by atoms with Crippen molar-refractivity contribution in [2.24, 2.45) is 0 Å². The van der Waals surface area contributed by atoms with Gasteiger partial charge in [0, 0.05) is 6.54 Å². The molecule has 0 fully saturated rings. The van der Waals surface area contributed by atoms with E-state index in [0.29, 0.717) is 0 Å². The van der Waals surface area contributed by atoms with Gasteiger partial charge in [0.1, 0.15) is 18.1 Å². The lowest BCUT2D eigenvalue weighted by atomic mass is 10.1. The van der Waals surface area contributed by atoms with E-state index in [1.807, 2.05) is 0 Å². The number of carbonyl (C=O) groups is 2. The maximum atomic E-state index is 13.1. The van der Waals surface area contributed by atoms with Crippen LogP contribution < -0.4 is 5.32 Å². The molecule has 1 amide bonds. The van der Waals surface area contributed by atoms with Gasteiger partial charge in [0.05, 0.1) is 0 Å². The number of rotatable bonds is 5. The van der Waals surface area contributed by atoms with E-state index in [4.69, 9.17) is 5.11 Å². The quantitative estimate of drug-likeness (QED) is 0.761. The predicted molar refractivity (Wildman–Crippen MR) is 55.3 cm³/mol. The van der Waals surface area contributed by atoms with E-state index in [2.05, 4.69) is 5.32 Å². The summed E-state index contributed by atoms with van der Waals surface area (Å²) >= 11 is 0. The van der Waals surface area contributed by atoms with Crippen molar-refractivity contribution in [3.63, 3.8) is 0 Å². The molecule has 0 bridgehead atoms. The van der Waals surface area contributed by atoms with Gasteiger partial charge in [-0.3, -0.25) is 9.59 Å². The highest BCUT2D eigenvalue weighted by Crippen LogP contribution is 2.09. The van der Waals surface area contributed by atoms with Crippen molar-refractivity contribution in [1.29, 1.82) is 0 Å². The van der Waals surface area contributed by atoms with Gasteiger partial charge in [0.25, 0.3) is 0 Å². The molecule has 0 aliphatic carbocycles. The van der Waals surface area contributed by atoms with Gasteiger partial charge >= 0.3 is 5.97 Å². The van der Waals surface area contributed by atoms with Crippen LogP contribution in [0.4, 0.5) is 8.78 Å². The second-order valence-electron chi connectivity index (χ2n) is 3.41. The average Bonchev–Trinajstić information content (AvgIpc) is 2.22. The number of carboxylic acid groups (broad SMARTS) is 1. The van der Waals surface area contributed by atoms with Crippen LogP contribution in [0, 0.1) is 11.6 Å². The molecule has 0 aromatic heterocycles. The number of hydrogen-bond acceptors (Lipinski definition) is 2. The number of hydrogen-bond donors (Lipinski definition) is 2. The van der Waals surface area contributed by atoms with Crippen LogP contribution in [0.3, 0.4) is 0 Å². The molecule has 0 aliphatic rings. The van der Waals surface area contributed by atoms with Crippen LogP contribution in [-0.4, -0.2) is 23.5 Å². The van der Waals surface area contributed by atoms with E-state index < -0.39 is 29.9 Å². The Labute approximate surface area is 96.3 Å². The number of nitrogens with one attached hydrogen (secondary N) is 1. The van der Waals surface area contributed by atoms with Gasteiger partial charge in [0.2, 0.25) is 5.91 Å². The van der Waals surface area contributed by atoms with Gasteiger partial charge in [-0.1, -0.05) is 0 Å². The van der Waals surface area contributed by atoms with E-state index in [9.17, 15) is 18.4 Å². The fourth-order valence-electron chi connectivity index (χ4n) is 1.27. The summed E-state index contributed by atoms with van der Waals surface area (Å²) in [6.45, 7) is 0.0620. The summed E-state index contributed by atoms with van der Waals surface area (Å²) in [5, 5.41) is 10.6. The summed E-state index contributed by atoms with van der Waals surface area (Å²) in [5.41, 5.74) is 0.139. The van der Waals surface area contributed by atoms with Crippen LogP contribution in [0.1, 0.15) is 12.0 Å². The SMILES string of the molecule is O=C(O)CC(=O)NCCc1cc(F)ccc1F. The summed E-state index contributed by atoms with van der Waals surface area (Å²) in [7, 11) is 0. The lowest BCUT2D eigenvalue weighted by Gasteiger charge is -2.05. The predicted octanol–water partition coefficient (Wildman–Crippen LogP) is 1.10. The second-order valence-corrected chi connectivity index (χ2v) is 3.41. The van der Waals surface area contributed by atoms with Crippen molar-refractivity contribution in [2.45, 2.75) is 12.8 Å². The number of carbonyl (C=O) groups excluding carboxylic acids is 1. The van der Waals surface area contributed by atoms with Gasteiger partial charge in [-0.25, -0.2) is 8.78 Å². The molecule has 4 nitrogen and oxygen atoms in total. The summed E-state index contributed by atoms with van der Waals surface area (Å²) < 4.78 is 25.9. The summed E-state index contributed by atoms with van der Waals surface area (Å²) in [5.74, 6) is -3.01. The summed E-state index contributed by atoms with van der Waals surface area (Å²) in [4.78, 5) is 21.1. The molecule has 0 heterocycles. The first-order valence-electron chi connectivity index (χ1n) is 4.91. The van der Waals surface area contributed by atoms with Crippen LogP contribution in [0.15, 0.2) is 18.2 Å². The van der Waals surface area contributed by atoms with E-state index in [0.717, 1.165) is 18.2 Å². The molecule has 1 aromatic rings. The monoisotopic (exact) mass is 243 g/mol. The molecule has 0 spiro atoms. The molecule has 0 aliphatic heterocycles. The highest BCUT2D eigenvalue weighted by atomic mass is 19.1. The third-order valence-electron chi connectivity index (χ3n) is 2.04. The zero-order chi connectivity index (χ0) is 12.8. The molecule has 17 heavy (non-hydrogen) atoms. The van der Waals surface area contributed by atoms with Gasteiger partial charge in [-0.2, -0.15) is 0 Å². The minimum Gasteiger partial charge on any atom is -0.481 e. The first-order chi connectivity index (χ1) is 7.99. The molecule has 1 rings (SSSR count). The van der Waals surface area contributed by atoms with Crippen molar-refractivity contribution in [3.05, 3.63) is 35.4 Å². The van der Waals surface area contributed by atoms with Crippen molar-refractivity contribution < 1.29 is 23.5 Å². The van der Waals surface area contributed by atoms with Crippen molar-refractivity contribution >= 4 is 11.9 Å². The smallest absolute Gasteiger partial charge is 0.312 e. The zero-order valence-corrected chi connectivity index (χ0v) is 8.87. The van der Waals surface area contributed by atoms with Gasteiger partial charge in [0.15, 0.2) is 0 Å². The maximum absolute atomic E-state index is 13.1. The Bertz CT molecular complexity index is 435. The molecule has 0 atom stereocenters. The largest absolute Gasteiger partial charge is 0.481 e. The number of benzene rings is 1. The molecule has 6 heteroatoms. The Morgan fingerprint density at radius 1 is 1.29 bits per heavy atom. The minimum atomic E-state index is -1.24. The fourth-order valence-corrected chi connectivity index (χ4v) is 1.27. The lowest BCUT2D eigenvalue weighted by Crippen LogP contribution is -2.27. The summed E-state index contributed by atoms with van der Waals surface area (Å²) in [6, 6.07) is 3.05. The Kier molecular flexibility index (Phi) is 4.56. The highest BCUT2D eigenvalue weighted by molar-refractivity contribution is 5.93. The van der Waals surface area contributed by atoms with Gasteiger partial charge in [-0.05, 0) is 30.2 Å². The van der Waals surface area contributed by atoms with Crippen LogP contribution in [0.2, 0.25) is 0 Å². The van der Waals surface area contributed by atoms with Crippen molar-refractivity contribution in [3.8, 4) is 0 Å². The third-order valence-corrected chi connectivity index (χ3v) is 2.04. The normalized spacial score (nSPS) is 10.0. The molecular formula is C11H11F2NO3. The van der Waals surface area contributed by atoms with Gasteiger partial charge in [-0.15, -0.1) is 0 Å². The van der Waals surface area contributed by atoms with E-state index in [-0.39, 0.29) is 18.5 Å². The van der Waals surface area contributed by atoms with Crippen LogP contribution in [0.25, 0.3) is 0 Å². The second kappa shape index (κ2) is 5.93. The van der Waals surface area contributed by atoms with E-state index >= 15 is 0 Å². The topological polar surface area (TPSA) is 66.4 Å². The Morgan fingerprint density at radius 3 is 2.65 bits per heavy atom. The minimum absolute atomic E-state index is 0.0620. The van der Waals surface area contributed by atoms with Crippen molar-refractivity contribution in [2.75, 3.05) is 6.54 Å². The number of amides is 1. The van der Waals surface area contributed by atoms with Crippen LogP contribution in [0.5, 0.6) is 0 Å². The zero-order valence-electron chi connectivity index (χ0n) is 8.87.